The molecule has 0 aliphatic rings. The van der Waals surface area contributed by atoms with E-state index in [2.05, 4.69) is 41.8 Å². The average molecular weight is 234 g/mol. The molecule has 0 aliphatic heterocycles. The van der Waals surface area contributed by atoms with Gasteiger partial charge in [-0.1, -0.05) is 31.2 Å². The highest BCUT2D eigenvalue weighted by atomic mass is 16.1. The second-order valence-electron chi connectivity index (χ2n) is 4.50. The number of aryl methyl sites for hydroxylation is 1. The van der Waals surface area contributed by atoms with Crippen molar-refractivity contribution in [3.63, 3.8) is 0 Å². The van der Waals surface area contributed by atoms with Crippen molar-refractivity contribution < 1.29 is 4.79 Å². The number of carbonyl (C=O) groups is 1. The Morgan fingerprint density at radius 2 is 1.76 bits per heavy atom. The van der Waals surface area contributed by atoms with E-state index < -0.39 is 0 Å². The Morgan fingerprint density at radius 1 is 1.18 bits per heavy atom. The van der Waals surface area contributed by atoms with E-state index >= 15 is 0 Å². The van der Waals surface area contributed by atoms with Gasteiger partial charge in [-0.15, -0.1) is 0 Å². The maximum atomic E-state index is 11.4. The monoisotopic (exact) mass is 234 g/mol. The van der Waals surface area contributed by atoms with Crippen LogP contribution in [0.4, 0.5) is 0 Å². The summed E-state index contributed by atoms with van der Waals surface area (Å²) in [5.74, 6) is 0.0465. The first-order valence-corrected chi connectivity index (χ1v) is 6.19. The minimum absolute atomic E-state index is 0.0465. The summed E-state index contributed by atoms with van der Waals surface area (Å²) in [6.07, 6.45) is 1.06. The molecule has 0 atom stereocenters. The third-order valence-corrected chi connectivity index (χ3v) is 2.50. The van der Waals surface area contributed by atoms with Gasteiger partial charge in [0.05, 0.1) is 6.54 Å². The first kappa shape index (κ1) is 13.7. The lowest BCUT2D eigenvalue weighted by atomic mass is 10.1. The zero-order chi connectivity index (χ0) is 12.7. The van der Waals surface area contributed by atoms with Crippen LogP contribution in [0.15, 0.2) is 24.3 Å². The topological polar surface area (TPSA) is 41.1 Å². The lowest BCUT2D eigenvalue weighted by molar-refractivity contribution is -0.120. The van der Waals surface area contributed by atoms with E-state index in [0.29, 0.717) is 6.54 Å². The molecule has 1 rings (SSSR count). The number of carbonyl (C=O) groups excluding carboxylic acids is 1. The largest absolute Gasteiger partial charge is 0.353 e. The predicted octanol–water partition coefficient (Wildman–Crippen LogP) is 1.86. The van der Waals surface area contributed by atoms with Crippen LogP contribution in [0.3, 0.4) is 0 Å². The predicted molar refractivity (Wildman–Crippen MR) is 70.8 cm³/mol. The van der Waals surface area contributed by atoms with Gasteiger partial charge in [-0.25, -0.2) is 0 Å². The van der Waals surface area contributed by atoms with Crippen molar-refractivity contribution in [1.29, 1.82) is 0 Å². The van der Waals surface area contributed by atoms with Crippen molar-refractivity contribution in [2.45, 2.75) is 39.8 Å². The van der Waals surface area contributed by atoms with E-state index in [0.717, 1.165) is 13.0 Å². The molecule has 0 bridgehead atoms. The molecule has 1 aromatic rings. The van der Waals surface area contributed by atoms with Gasteiger partial charge in [-0.3, -0.25) is 4.79 Å². The summed E-state index contributed by atoms with van der Waals surface area (Å²) in [5, 5.41) is 5.98. The van der Waals surface area contributed by atoms with E-state index in [1.807, 2.05) is 13.8 Å². The maximum absolute atomic E-state index is 11.4. The fourth-order valence-electron chi connectivity index (χ4n) is 1.59. The molecule has 0 aromatic heterocycles. The number of amides is 1. The summed E-state index contributed by atoms with van der Waals surface area (Å²) < 4.78 is 0. The van der Waals surface area contributed by atoms with Crippen LogP contribution in [0.2, 0.25) is 0 Å². The summed E-state index contributed by atoms with van der Waals surface area (Å²) in [7, 11) is 0. The molecule has 94 valence electrons. The lowest BCUT2D eigenvalue weighted by Gasteiger charge is -2.09. The number of hydrogen-bond donors (Lipinski definition) is 2. The molecular weight excluding hydrogens is 212 g/mol. The summed E-state index contributed by atoms with van der Waals surface area (Å²) in [5.41, 5.74) is 2.55. The Kier molecular flexibility index (Phi) is 5.70. The molecule has 0 radical (unpaired) electrons. The smallest absolute Gasteiger partial charge is 0.234 e. The fourth-order valence-corrected chi connectivity index (χ4v) is 1.59. The second-order valence-corrected chi connectivity index (χ2v) is 4.50. The fraction of sp³-hybridized carbons (Fsp3) is 0.500. The summed E-state index contributed by atoms with van der Waals surface area (Å²) >= 11 is 0. The molecule has 3 heteroatoms. The van der Waals surface area contributed by atoms with Crippen molar-refractivity contribution in [2.24, 2.45) is 0 Å². The van der Waals surface area contributed by atoms with Crippen molar-refractivity contribution >= 4 is 5.91 Å². The minimum Gasteiger partial charge on any atom is -0.353 e. The molecule has 0 unspecified atom stereocenters. The van der Waals surface area contributed by atoms with Gasteiger partial charge in [0.1, 0.15) is 0 Å². The van der Waals surface area contributed by atoms with Gasteiger partial charge in [-0.05, 0) is 31.4 Å². The van der Waals surface area contributed by atoms with Gasteiger partial charge in [0.2, 0.25) is 5.91 Å². The number of nitrogens with one attached hydrogen (secondary N) is 2. The van der Waals surface area contributed by atoms with Crippen LogP contribution < -0.4 is 10.6 Å². The SMILES string of the molecule is CCc1ccc(CNCC(=O)NC(C)C)cc1. The van der Waals surface area contributed by atoms with Crippen molar-refractivity contribution in [3.05, 3.63) is 35.4 Å². The normalized spacial score (nSPS) is 10.6. The molecular formula is C14H22N2O. The van der Waals surface area contributed by atoms with Crippen LogP contribution >= 0.6 is 0 Å². The van der Waals surface area contributed by atoms with Crippen LogP contribution in [0.25, 0.3) is 0 Å². The van der Waals surface area contributed by atoms with Gasteiger partial charge in [0.25, 0.3) is 0 Å². The van der Waals surface area contributed by atoms with Crippen molar-refractivity contribution in [3.8, 4) is 0 Å². The molecule has 0 heterocycles. The Hall–Kier alpha value is -1.35. The molecule has 0 spiro atoms. The first-order valence-electron chi connectivity index (χ1n) is 6.19. The van der Waals surface area contributed by atoms with E-state index in [1.165, 1.54) is 11.1 Å². The standard InChI is InChI=1S/C14H22N2O/c1-4-12-5-7-13(8-6-12)9-15-10-14(17)16-11(2)3/h5-8,11,15H,4,9-10H2,1-3H3,(H,16,17). The Morgan fingerprint density at radius 3 is 2.29 bits per heavy atom. The van der Waals surface area contributed by atoms with Crippen molar-refractivity contribution in [2.75, 3.05) is 6.54 Å². The molecule has 17 heavy (non-hydrogen) atoms. The van der Waals surface area contributed by atoms with Crippen molar-refractivity contribution in [1.82, 2.24) is 10.6 Å². The number of rotatable bonds is 6. The third kappa shape index (κ3) is 5.50. The Balaban J connectivity index is 2.28. The second kappa shape index (κ2) is 7.07. The molecule has 1 aromatic carbocycles. The lowest BCUT2D eigenvalue weighted by Crippen LogP contribution is -2.37. The molecule has 0 saturated carbocycles. The summed E-state index contributed by atoms with van der Waals surface area (Å²) in [4.78, 5) is 11.4. The van der Waals surface area contributed by atoms with E-state index in [-0.39, 0.29) is 11.9 Å². The number of hydrogen-bond acceptors (Lipinski definition) is 2. The number of benzene rings is 1. The van der Waals surface area contributed by atoms with E-state index in [4.69, 9.17) is 0 Å². The maximum Gasteiger partial charge on any atom is 0.234 e. The van der Waals surface area contributed by atoms with E-state index in [9.17, 15) is 4.79 Å². The first-order chi connectivity index (χ1) is 8.11. The Bertz CT molecular complexity index is 344. The van der Waals surface area contributed by atoms with Gasteiger partial charge < -0.3 is 10.6 Å². The van der Waals surface area contributed by atoms with Crippen LogP contribution in [0.1, 0.15) is 31.9 Å². The highest BCUT2D eigenvalue weighted by Crippen LogP contribution is 2.04. The quantitative estimate of drug-likeness (QED) is 0.789. The van der Waals surface area contributed by atoms with Crippen LogP contribution in [0.5, 0.6) is 0 Å². The zero-order valence-electron chi connectivity index (χ0n) is 10.9. The summed E-state index contributed by atoms with van der Waals surface area (Å²) in [6, 6.07) is 8.67. The molecule has 0 aliphatic carbocycles. The molecule has 0 fully saturated rings. The third-order valence-electron chi connectivity index (χ3n) is 2.50. The highest BCUT2D eigenvalue weighted by molar-refractivity contribution is 5.78. The zero-order valence-corrected chi connectivity index (χ0v) is 10.9. The highest BCUT2D eigenvalue weighted by Gasteiger charge is 2.02. The molecule has 2 N–H and O–H groups in total. The van der Waals surface area contributed by atoms with Crippen LogP contribution in [0, 0.1) is 0 Å². The van der Waals surface area contributed by atoms with Gasteiger partial charge >= 0.3 is 0 Å². The molecule has 1 amide bonds. The van der Waals surface area contributed by atoms with Crippen LogP contribution in [-0.2, 0) is 17.8 Å². The Labute approximate surface area is 104 Å². The van der Waals surface area contributed by atoms with E-state index in [1.54, 1.807) is 0 Å². The molecule has 0 saturated heterocycles. The average Bonchev–Trinajstić information content (AvgIpc) is 2.29. The van der Waals surface area contributed by atoms with Gasteiger partial charge in [-0.2, -0.15) is 0 Å². The van der Waals surface area contributed by atoms with Gasteiger partial charge in [0, 0.05) is 12.6 Å². The molecule has 3 nitrogen and oxygen atoms in total. The minimum atomic E-state index is 0.0465. The van der Waals surface area contributed by atoms with Gasteiger partial charge in [0.15, 0.2) is 0 Å². The summed E-state index contributed by atoms with van der Waals surface area (Å²) in [6.45, 7) is 7.16. The van der Waals surface area contributed by atoms with Crippen LogP contribution in [-0.4, -0.2) is 18.5 Å².